The number of carboxylic acid groups (broad SMARTS) is 1. The fraction of sp³-hybridized carbons (Fsp3) is 0.833. The number of carboxylic acids is 1. The largest absolute Gasteiger partial charge is 0.480 e. The Hall–Kier alpha value is -1.14. The van der Waals surface area contributed by atoms with Gasteiger partial charge < -0.3 is 20.3 Å². The first-order chi connectivity index (χ1) is 8.25. The Morgan fingerprint density at radius 1 is 1.22 bits per heavy atom. The average molecular weight is 259 g/mol. The van der Waals surface area contributed by atoms with Crippen LogP contribution in [0.2, 0.25) is 0 Å². The number of nitrogens with one attached hydrogen (secondary N) is 1. The van der Waals surface area contributed by atoms with Crippen molar-refractivity contribution >= 4 is 11.9 Å². The minimum Gasteiger partial charge on any atom is -0.480 e. The SMILES string of the molecule is CC1OC(C)C(C(=O)N[C@H](C(=O)O)[C@@H](C)O)C1C. The van der Waals surface area contributed by atoms with Gasteiger partial charge in [0.25, 0.3) is 0 Å². The lowest BCUT2D eigenvalue weighted by Crippen LogP contribution is -2.51. The van der Waals surface area contributed by atoms with Crippen molar-refractivity contribution in [3.63, 3.8) is 0 Å². The van der Waals surface area contributed by atoms with E-state index in [1.165, 1.54) is 6.92 Å². The number of amides is 1. The Balaban J connectivity index is 2.73. The van der Waals surface area contributed by atoms with Gasteiger partial charge in [0.1, 0.15) is 0 Å². The molecule has 0 spiro atoms. The molecule has 6 heteroatoms. The van der Waals surface area contributed by atoms with E-state index in [9.17, 15) is 14.7 Å². The van der Waals surface area contributed by atoms with Crippen LogP contribution in [-0.4, -0.2) is 46.4 Å². The summed E-state index contributed by atoms with van der Waals surface area (Å²) >= 11 is 0. The maximum absolute atomic E-state index is 12.1. The molecule has 0 saturated carbocycles. The van der Waals surface area contributed by atoms with Crippen molar-refractivity contribution in [3.05, 3.63) is 0 Å². The summed E-state index contributed by atoms with van der Waals surface area (Å²) in [6, 6.07) is -1.28. The van der Waals surface area contributed by atoms with Crippen molar-refractivity contribution in [1.82, 2.24) is 5.32 Å². The van der Waals surface area contributed by atoms with Crippen LogP contribution in [0.5, 0.6) is 0 Å². The molecule has 104 valence electrons. The Bertz CT molecular complexity index is 330. The van der Waals surface area contributed by atoms with Gasteiger partial charge in [-0.1, -0.05) is 6.92 Å². The molecular weight excluding hydrogens is 238 g/mol. The van der Waals surface area contributed by atoms with Crippen LogP contribution in [0.15, 0.2) is 0 Å². The van der Waals surface area contributed by atoms with E-state index in [-0.39, 0.29) is 30.0 Å². The Morgan fingerprint density at radius 2 is 1.78 bits per heavy atom. The number of ether oxygens (including phenoxy) is 1. The van der Waals surface area contributed by atoms with Crippen molar-refractivity contribution < 1.29 is 24.5 Å². The number of carbonyl (C=O) groups is 2. The van der Waals surface area contributed by atoms with Crippen molar-refractivity contribution in [2.75, 3.05) is 0 Å². The van der Waals surface area contributed by atoms with E-state index >= 15 is 0 Å². The van der Waals surface area contributed by atoms with E-state index in [0.717, 1.165) is 0 Å². The van der Waals surface area contributed by atoms with Crippen LogP contribution < -0.4 is 5.32 Å². The molecule has 1 heterocycles. The molecule has 18 heavy (non-hydrogen) atoms. The summed E-state index contributed by atoms with van der Waals surface area (Å²) in [7, 11) is 0. The van der Waals surface area contributed by atoms with Gasteiger partial charge >= 0.3 is 5.97 Å². The topological polar surface area (TPSA) is 95.9 Å². The predicted molar refractivity (Wildman–Crippen MR) is 63.9 cm³/mol. The summed E-state index contributed by atoms with van der Waals surface area (Å²) in [6.07, 6.45) is -1.43. The van der Waals surface area contributed by atoms with Gasteiger partial charge in [-0.05, 0) is 26.7 Å². The Morgan fingerprint density at radius 3 is 2.11 bits per heavy atom. The van der Waals surface area contributed by atoms with Crippen molar-refractivity contribution in [3.8, 4) is 0 Å². The van der Waals surface area contributed by atoms with E-state index in [1.54, 1.807) is 6.92 Å². The van der Waals surface area contributed by atoms with Crippen LogP contribution in [0.25, 0.3) is 0 Å². The molecule has 0 bridgehead atoms. The molecule has 4 unspecified atom stereocenters. The predicted octanol–water partition coefficient (Wildman–Crippen LogP) is -0.00390. The second kappa shape index (κ2) is 5.67. The maximum atomic E-state index is 12.1. The molecule has 0 radical (unpaired) electrons. The molecule has 6 atom stereocenters. The quantitative estimate of drug-likeness (QED) is 0.660. The van der Waals surface area contributed by atoms with Crippen LogP contribution >= 0.6 is 0 Å². The minimum atomic E-state index is -1.28. The van der Waals surface area contributed by atoms with E-state index in [0.29, 0.717) is 0 Å². The minimum absolute atomic E-state index is 0.0171. The number of rotatable bonds is 4. The summed E-state index contributed by atoms with van der Waals surface area (Å²) in [5.74, 6) is -2.00. The third-order valence-corrected chi connectivity index (χ3v) is 3.59. The summed E-state index contributed by atoms with van der Waals surface area (Å²) in [5.41, 5.74) is 0. The Kier molecular flexibility index (Phi) is 4.70. The molecule has 3 N–H and O–H groups in total. The molecule has 0 aromatic carbocycles. The van der Waals surface area contributed by atoms with Gasteiger partial charge in [-0.2, -0.15) is 0 Å². The summed E-state index contributed by atoms with van der Waals surface area (Å²) < 4.78 is 5.54. The third kappa shape index (κ3) is 3.00. The van der Waals surface area contributed by atoms with Crippen molar-refractivity contribution in [1.29, 1.82) is 0 Å². The van der Waals surface area contributed by atoms with E-state index in [2.05, 4.69) is 5.32 Å². The zero-order valence-electron chi connectivity index (χ0n) is 11.1. The van der Waals surface area contributed by atoms with Gasteiger partial charge in [-0.25, -0.2) is 4.79 Å². The number of hydrogen-bond donors (Lipinski definition) is 3. The zero-order valence-corrected chi connectivity index (χ0v) is 11.1. The maximum Gasteiger partial charge on any atom is 0.328 e. The van der Waals surface area contributed by atoms with Gasteiger partial charge in [-0.15, -0.1) is 0 Å². The van der Waals surface area contributed by atoms with Crippen LogP contribution in [0.1, 0.15) is 27.7 Å². The van der Waals surface area contributed by atoms with Gasteiger partial charge in [0.15, 0.2) is 6.04 Å². The third-order valence-electron chi connectivity index (χ3n) is 3.59. The number of aliphatic carboxylic acids is 1. The highest BCUT2D eigenvalue weighted by Crippen LogP contribution is 2.32. The van der Waals surface area contributed by atoms with E-state index < -0.39 is 18.1 Å². The van der Waals surface area contributed by atoms with Gasteiger partial charge in [0.05, 0.1) is 24.2 Å². The van der Waals surface area contributed by atoms with E-state index in [4.69, 9.17) is 9.84 Å². The zero-order chi connectivity index (χ0) is 14.0. The first kappa shape index (κ1) is 14.9. The highest BCUT2D eigenvalue weighted by atomic mass is 16.5. The van der Waals surface area contributed by atoms with Crippen LogP contribution in [0, 0.1) is 11.8 Å². The second-order valence-corrected chi connectivity index (χ2v) is 5.00. The molecule has 0 aromatic heterocycles. The standard InChI is InChI=1S/C12H21NO5/c1-5-7(3)18-8(4)9(5)11(15)13-10(6(2)14)12(16)17/h5-10,14H,1-4H3,(H,13,15)(H,16,17)/t5?,6-,7?,8?,9?,10+/m1/s1. The molecule has 6 nitrogen and oxygen atoms in total. The van der Waals surface area contributed by atoms with Crippen molar-refractivity contribution in [2.45, 2.75) is 52.0 Å². The van der Waals surface area contributed by atoms with Gasteiger partial charge in [-0.3, -0.25) is 4.79 Å². The number of aliphatic hydroxyl groups excluding tert-OH is 1. The lowest BCUT2D eigenvalue weighted by atomic mass is 9.88. The Labute approximate surface area is 106 Å². The molecule has 1 aliphatic heterocycles. The number of hydrogen-bond acceptors (Lipinski definition) is 4. The summed E-state index contributed by atoms with van der Waals surface area (Å²) in [6.45, 7) is 6.91. The first-order valence-electron chi connectivity index (χ1n) is 6.12. The number of carbonyl (C=O) groups excluding carboxylic acids is 1. The highest BCUT2D eigenvalue weighted by molar-refractivity contribution is 5.86. The molecule has 1 fully saturated rings. The van der Waals surface area contributed by atoms with Crippen LogP contribution in [-0.2, 0) is 14.3 Å². The smallest absolute Gasteiger partial charge is 0.328 e. The molecule has 1 aliphatic rings. The molecular formula is C12H21NO5. The lowest BCUT2D eigenvalue weighted by molar-refractivity contribution is -0.146. The van der Waals surface area contributed by atoms with Gasteiger partial charge in [0, 0.05) is 0 Å². The molecule has 1 amide bonds. The summed E-state index contributed by atoms with van der Waals surface area (Å²) in [5, 5.41) is 20.6. The second-order valence-electron chi connectivity index (χ2n) is 5.00. The number of aliphatic hydroxyl groups is 1. The fourth-order valence-corrected chi connectivity index (χ4v) is 2.36. The monoisotopic (exact) mass is 259 g/mol. The first-order valence-corrected chi connectivity index (χ1v) is 6.12. The summed E-state index contributed by atoms with van der Waals surface area (Å²) in [4.78, 5) is 23.0. The van der Waals surface area contributed by atoms with E-state index in [1.807, 2.05) is 13.8 Å². The van der Waals surface area contributed by atoms with Crippen LogP contribution in [0.4, 0.5) is 0 Å². The highest BCUT2D eigenvalue weighted by Gasteiger charge is 2.42. The fourth-order valence-electron chi connectivity index (χ4n) is 2.36. The average Bonchev–Trinajstić information content (AvgIpc) is 2.48. The normalized spacial score (nSPS) is 34.9. The van der Waals surface area contributed by atoms with Crippen molar-refractivity contribution in [2.24, 2.45) is 11.8 Å². The molecule has 1 rings (SSSR count). The van der Waals surface area contributed by atoms with Crippen LogP contribution in [0.3, 0.4) is 0 Å². The molecule has 0 aromatic rings. The lowest BCUT2D eigenvalue weighted by Gasteiger charge is -2.22. The molecule has 1 saturated heterocycles. The van der Waals surface area contributed by atoms with Gasteiger partial charge in [0.2, 0.25) is 5.91 Å². The molecule has 0 aliphatic carbocycles.